The molecule has 1 unspecified atom stereocenters. The second kappa shape index (κ2) is 10.4. The number of methoxy groups -OCH3 is 2. The number of rotatable bonds is 6. The quantitative estimate of drug-likeness (QED) is 0.552. The summed E-state index contributed by atoms with van der Waals surface area (Å²) in [6, 6.07) is 1.06. The summed E-state index contributed by atoms with van der Waals surface area (Å²) in [6.45, 7) is 4.10. The lowest BCUT2D eigenvalue weighted by Crippen LogP contribution is -2.64. The van der Waals surface area contributed by atoms with Crippen LogP contribution in [-0.4, -0.2) is 42.2 Å². The van der Waals surface area contributed by atoms with Gasteiger partial charge in [0.25, 0.3) is 0 Å². The maximum Gasteiger partial charge on any atom is 0.370 e. The molecule has 0 radical (unpaired) electrons. The van der Waals surface area contributed by atoms with Gasteiger partial charge in [0, 0.05) is 21.3 Å². The zero-order chi connectivity index (χ0) is 15.5. The van der Waals surface area contributed by atoms with Gasteiger partial charge in [-0.25, -0.2) is 0 Å². The highest BCUT2D eigenvalue weighted by molar-refractivity contribution is 6.70. The van der Waals surface area contributed by atoms with E-state index in [0.717, 1.165) is 25.3 Å². The Balaban J connectivity index is 0.000000621. The predicted octanol–water partition coefficient (Wildman–Crippen LogP) is 3.80. The van der Waals surface area contributed by atoms with Gasteiger partial charge >= 0.3 is 8.56 Å². The van der Waals surface area contributed by atoms with E-state index in [-0.39, 0.29) is 5.22 Å². The molecule has 1 fully saturated rings. The Hall–Kier alpha value is -0.363. The van der Waals surface area contributed by atoms with Crippen molar-refractivity contribution in [2.75, 3.05) is 28.4 Å². The standard InChI is InChI=1S/C11H24O3Si.C4H8O/c1-5-8-11(12-2)9-6-7-10-15(11,13-3)14-4;1-3-4-5-2/h5-10H2,1-4H3;3-4H,1-2H3. The van der Waals surface area contributed by atoms with Crippen LogP contribution in [0.5, 0.6) is 0 Å². The number of hydrogen-bond donors (Lipinski definition) is 0. The van der Waals surface area contributed by atoms with Crippen LogP contribution < -0.4 is 0 Å². The maximum absolute atomic E-state index is 5.83. The minimum Gasteiger partial charge on any atom is -0.505 e. The lowest BCUT2D eigenvalue weighted by Gasteiger charge is -2.47. The van der Waals surface area contributed by atoms with Crippen molar-refractivity contribution in [2.45, 2.75) is 57.2 Å². The molecule has 1 heterocycles. The Morgan fingerprint density at radius 2 is 1.75 bits per heavy atom. The molecule has 1 saturated heterocycles. The Morgan fingerprint density at radius 1 is 1.10 bits per heavy atom. The molecule has 120 valence electrons. The molecule has 0 aromatic rings. The second-order valence-electron chi connectivity index (χ2n) is 5.02. The van der Waals surface area contributed by atoms with Crippen molar-refractivity contribution in [3.63, 3.8) is 0 Å². The first-order valence-corrected chi connectivity index (χ1v) is 9.43. The van der Waals surface area contributed by atoms with E-state index in [9.17, 15) is 0 Å². The molecular weight excluding hydrogens is 272 g/mol. The molecule has 0 saturated carbocycles. The zero-order valence-electron chi connectivity index (χ0n) is 14.0. The molecule has 0 aromatic heterocycles. The molecule has 0 spiro atoms. The molecule has 1 atom stereocenters. The smallest absolute Gasteiger partial charge is 0.370 e. The molecule has 0 N–H and O–H groups in total. The Labute approximate surface area is 125 Å². The van der Waals surface area contributed by atoms with Crippen molar-refractivity contribution in [3.05, 3.63) is 12.3 Å². The number of hydrogen-bond acceptors (Lipinski definition) is 4. The fraction of sp³-hybridized carbons (Fsp3) is 0.867. The van der Waals surface area contributed by atoms with Crippen LogP contribution in [0.2, 0.25) is 6.04 Å². The van der Waals surface area contributed by atoms with E-state index in [1.165, 1.54) is 12.8 Å². The highest BCUT2D eigenvalue weighted by Gasteiger charge is 2.58. The lowest BCUT2D eigenvalue weighted by atomic mass is 10.1. The van der Waals surface area contributed by atoms with Gasteiger partial charge < -0.3 is 18.3 Å². The van der Waals surface area contributed by atoms with Crippen molar-refractivity contribution in [1.29, 1.82) is 0 Å². The van der Waals surface area contributed by atoms with Gasteiger partial charge in [-0.1, -0.05) is 32.3 Å². The zero-order valence-corrected chi connectivity index (χ0v) is 15.0. The van der Waals surface area contributed by atoms with Crippen LogP contribution in [0.25, 0.3) is 0 Å². The SMILES string of the molecule is CC=COC.CCCC1(OC)CCCC[Si]1(OC)OC. The summed E-state index contributed by atoms with van der Waals surface area (Å²) in [4.78, 5) is 0. The summed E-state index contributed by atoms with van der Waals surface area (Å²) < 4.78 is 21.9. The maximum atomic E-state index is 5.83. The van der Waals surface area contributed by atoms with Crippen LogP contribution in [0.4, 0.5) is 0 Å². The van der Waals surface area contributed by atoms with Crippen molar-refractivity contribution in [1.82, 2.24) is 0 Å². The van der Waals surface area contributed by atoms with Crippen molar-refractivity contribution >= 4 is 8.56 Å². The van der Waals surface area contributed by atoms with Gasteiger partial charge in [0.05, 0.1) is 13.4 Å². The summed E-state index contributed by atoms with van der Waals surface area (Å²) in [5.41, 5.74) is 0. The van der Waals surface area contributed by atoms with Gasteiger partial charge in [0.15, 0.2) is 0 Å². The molecule has 0 bridgehead atoms. The van der Waals surface area contributed by atoms with Gasteiger partial charge in [-0.05, 0) is 25.8 Å². The van der Waals surface area contributed by atoms with E-state index >= 15 is 0 Å². The lowest BCUT2D eigenvalue weighted by molar-refractivity contribution is -0.0149. The normalized spacial score (nSPS) is 25.1. The Morgan fingerprint density at radius 3 is 2.10 bits per heavy atom. The summed E-state index contributed by atoms with van der Waals surface area (Å²) >= 11 is 0. The minimum absolute atomic E-state index is 0.122. The van der Waals surface area contributed by atoms with Crippen LogP contribution in [-0.2, 0) is 18.3 Å². The van der Waals surface area contributed by atoms with Crippen molar-refractivity contribution < 1.29 is 18.3 Å². The Kier molecular flexibility index (Phi) is 10.2. The molecular formula is C15H32O4Si. The second-order valence-corrected chi connectivity index (χ2v) is 8.76. The highest BCUT2D eigenvalue weighted by Crippen LogP contribution is 2.42. The predicted molar refractivity (Wildman–Crippen MR) is 84.9 cm³/mol. The molecule has 0 aromatic carbocycles. The summed E-state index contributed by atoms with van der Waals surface area (Å²) in [5.74, 6) is 0. The van der Waals surface area contributed by atoms with E-state index in [2.05, 4.69) is 11.7 Å². The number of allylic oxidation sites excluding steroid dienone is 1. The molecule has 1 aliphatic heterocycles. The molecule has 5 heteroatoms. The monoisotopic (exact) mass is 304 g/mol. The van der Waals surface area contributed by atoms with Crippen LogP contribution >= 0.6 is 0 Å². The average molecular weight is 305 g/mol. The van der Waals surface area contributed by atoms with Crippen molar-refractivity contribution in [2.24, 2.45) is 0 Å². The van der Waals surface area contributed by atoms with Crippen LogP contribution in [0, 0.1) is 0 Å². The molecule has 4 nitrogen and oxygen atoms in total. The first kappa shape index (κ1) is 19.6. The first-order valence-electron chi connectivity index (χ1n) is 7.41. The Bertz CT molecular complexity index is 263. The summed E-state index contributed by atoms with van der Waals surface area (Å²) in [6.07, 6.45) is 9.16. The summed E-state index contributed by atoms with van der Waals surface area (Å²) in [5, 5.41) is -0.122. The van der Waals surface area contributed by atoms with Crippen LogP contribution in [0.15, 0.2) is 12.3 Å². The van der Waals surface area contributed by atoms with E-state index < -0.39 is 8.56 Å². The fourth-order valence-corrected chi connectivity index (χ4v) is 7.05. The largest absolute Gasteiger partial charge is 0.505 e. The molecule has 1 aliphatic rings. The fourth-order valence-electron chi connectivity index (χ4n) is 3.06. The van der Waals surface area contributed by atoms with Crippen molar-refractivity contribution in [3.8, 4) is 0 Å². The van der Waals surface area contributed by atoms with Gasteiger partial charge in [0.2, 0.25) is 0 Å². The topological polar surface area (TPSA) is 36.9 Å². The van der Waals surface area contributed by atoms with E-state index in [0.29, 0.717) is 0 Å². The van der Waals surface area contributed by atoms with Gasteiger partial charge in [-0.3, -0.25) is 0 Å². The van der Waals surface area contributed by atoms with E-state index in [4.69, 9.17) is 13.6 Å². The van der Waals surface area contributed by atoms with Crippen LogP contribution in [0.1, 0.15) is 46.0 Å². The number of ether oxygens (including phenoxy) is 2. The molecule has 1 rings (SSSR count). The van der Waals surface area contributed by atoms with Gasteiger partial charge in [0.1, 0.15) is 5.22 Å². The molecule has 20 heavy (non-hydrogen) atoms. The molecule has 0 amide bonds. The summed E-state index contributed by atoms with van der Waals surface area (Å²) in [7, 11) is 4.84. The average Bonchev–Trinajstić information content (AvgIpc) is 2.49. The minimum atomic E-state index is -2.15. The third-order valence-electron chi connectivity index (χ3n) is 4.01. The highest BCUT2D eigenvalue weighted by atomic mass is 28.4. The van der Waals surface area contributed by atoms with Crippen LogP contribution in [0.3, 0.4) is 0 Å². The van der Waals surface area contributed by atoms with E-state index in [1.54, 1.807) is 34.7 Å². The first-order chi connectivity index (χ1) is 9.61. The van der Waals surface area contributed by atoms with Gasteiger partial charge in [-0.2, -0.15) is 0 Å². The third kappa shape index (κ3) is 4.58. The third-order valence-corrected chi connectivity index (χ3v) is 8.43. The van der Waals surface area contributed by atoms with E-state index in [1.807, 2.05) is 13.0 Å². The van der Waals surface area contributed by atoms with Gasteiger partial charge in [-0.15, -0.1) is 0 Å². The molecule has 0 aliphatic carbocycles.